The van der Waals surface area contributed by atoms with Crippen molar-refractivity contribution in [1.29, 1.82) is 0 Å². The molecule has 2 N–H and O–H groups in total. The van der Waals surface area contributed by atoms with Gasteiger partial charge in [0.15, 0.2) is 0 Å². The lowest BCUT2D eigenvalue weighted by Crippen LogP contribution is -2.17. The monoisotopic (exact) mass is 240 g/mol. The Bertz CT molecular complexity index is 393. The molecular weight excluding hydrogens is 222 g/mol. The van der Waals surface area contributed by atoms with Gasteiger partial charge in [0.05, 0.1) is 0 Å². The third-order valence-corrected chi connectivity index (χ3v) is 3.54. The topological polar surface area (TPSA) is 38.9 Å². The average molecular weight is 240 g/mol. The van der Waals surface area contributed by atoms with E-state index >= 15 is 0 Å². The Morgan fingerprint density at radius 3 is 2.94 bits per heavy atom. The van der Waals surface area contributed by atoms with Crippen LogP contribution >= 0.6 is 0 Å². The number of nitrogens with two attached hydrogens (primary N) is 1. The molecule has 1 fully saturated rings. The van der Waals surface area contributed by atoms with E-state index in [2.05, 4.69) is 4.98 Å². The minimum absolute atomic E-state index is 0.0103. The van der Waals surface area contributed by atoms with Gasteiger partial charge in [-0.15, -0.1) is 0 Å². The van der Waals surface area contributed by atoms with Crippen molar-refractivity contribution in [2.75, 3.05) is 0 Å². The molecular formula is C13H18F2N2. The van der Waals surface area contributed by atoms with Gasteiger partial charge in [-0.25, -0.2) is 8.78 Å². The van der Waals surface area contributed by atoms with Crippen LogP contribution in [-0.4, -0.2) is 10.9 Å². The lowest BCUT2D eigenvalue weighted by Gasteiger charge is -2.18. The van der Waals surface area contributed by atoms with Crippen LogP contribution in [0.1, 0.15) is 43.0 Å². The van der Waals surface area contributed by atoms with Crippen LogP contribution in [0.4, 0.5) is 8.78 Å². The molecule has 0 spiro atoms. The van der Waals surface area contributed by atoms with Crippen LogP contribution in [-0.2, 0) is 0 Å². The van der Waals surface area contributed by atoms with Crippen LogP contribution in [0.2, 0.25) is 0 Å². The SMILES string of the molecule is Cc1ncccc1C(N)CC1CCC(F)(F)C1. The van der Waals surface area contributed by atoms with Gasteiger partial charge in [0, 0.05) is 30.8 Å². The molecule has 1 aliphatic rings. The summed E-state index contributed by atoms with van der Waals surface area (Å²) in [5.41, 5.74) is 7.95. The summed E-state index contributed by atoms with van der Waals surface area (Å²) in [4.78, 5) is 4.18. The van der Waals surface area contributed by atoms with Gasteiger partial charge in [-0.1, -0.05) is 6.07 Å². The van der Waals surface area contributed by atoms with Gasteiger partial charge in [-0.3, -0.25) is 4.98 Å². The Morgan fingerprint density at radius 1 is 1.59 bits per heavy atom. The molecule has 1 aromatic heterocycles. The zero-order valence-corrected chi connectivity index (χ0v) is 10.00. The van der Waals surface area contributed by atoms with Crippen LogP contribution in [0, 0.1) is 12.8 Å². The number of aryl methyl sites for hydroxylation is 1. The summed E-state index contributed by atoms with van der Waals surface area (Å²) in [5.74, 6) is -2.44. The maximum atomic E-state index is 13.1. The zero-order valence-electron chi connectivity index (χ0n) is 10.00. The fourth-order valence-corrected chi connectivity index (χ4v) is 2.62. The van der Waals surface area contributed by atoms with E-state index in [0.29, 0.717) is 12.8 Å². The van der Waals surface area contributed by atoms with Gasteiger partial charge in [-0.05, 0) is 37.3 Å². The van der Waals surface area contributed by atoms with Crippen molar-refractivity contribution < 1.29 is 8.78 Å². The molecule has 2 nitrogen and oxygen atoms in total. The number of halogens is 2. The number of alkyl halides is 2. The van der Waals surface area contributed by atoms with Crippen LogP contribution in [0.5, 0.6) is 0 Å². The fourth-order valence-electron chi connectivity index (χ4n) is 2.62. The van der Waals surface area contributed by atoms with E-state index in [0.717, 1.165) is 11.3 Å². The summed E-state index contributed by atoms with van der Waals surface area (Å²) in [7, 11) is 0. The largest absolute Gasteiger partial charge is 0.324 e. The van der Waals surface area contributed by atoms with Gasteiger partial charge in [-0.2, -0.15) is 0 Å². The molecule has 2 rings (SSSR count). The fraction of sp³-hybridized carbons (Fsp3) is 0.615. The molecule has 0 bridgehead atoms. The van der Waals surface area contributed by atoms with Gasteiger partial charge in [0.25, 0.3) is 0 Å². The molecule has 0 saturated heterocycles. The second-order valence-corrected chi connectivity index (χ2v) is 4.99. The van der Waals surface area contributed by atoms with Crippen molar-refractivity contribution in [3.8, 4) is 0 Å². The van der Waals surface area contributed by atoms with Crippen LogP contribution < -0.4 is 5.73 Å². The zero-order chi connectivity index (χ0) is 12.5. The molecule has 0 radical (unpaired) electrons. The van der Waals surface area contributed by atoms with Crippen LogP contribution in [0.15, 0.2) is 18.3 Å². The first-order valence-corrected chi connectivity index (χ1v) is 6.03. The first kappa shape index (κ1) is 12.4. The molecule has 1 aromatic rings. The van der Waals surface area contributed by atoms with Crippen molar-refractivity contribution >= 4 is 0 Å². The standard InChI is InChI=1S/C13H18F2N2/c1-9-11(3-2-6-17-9)12(16)7-10-4-5-13(14,15)8-10/h2-3,6,10,12H,4-5,7-8,16H2,1H3. The second-order valence-electron chi connectivity index (χ2n) is 4.99. The minimum Gasteiger partial charge on any atom is -0.324 e. The highest BCUT2D eigenvalue weighted by Gasteiger charge is 2.39. The lowest BCUT2D eigenvalue weighted by atomic mass is 9.93. The number of nitrogens with zero attached hydrogens (tertiary/aromatic N) is 1. The summed E-state index contributed by atoms with van der Waals surface area (Å²) >= 11 is 0. The maximum Gasteiger partial charge on any atom is 0.248 e. The molecule has 17 heavy (non-hydrogen) atoms. The molecule has 1 aliphatic carbocycles. The van der Waals surface area contributed by atoms with Crippen molar-refractivity contribution in [2.45, 2.75) is 44.6 Å². The molecule has 1 saturated carbocycles. The Balaban J connectivity index is 1.99. The van der Waals surface area contributed by atoms with Crippen molar-refractivity contribution in [3.05, 3.63) is 29.6 Å². The molecule has 94 valence electrons. The van der Waals surface area contributed by atoms with Gasteiger partial charge < -0.3 is 5.73 Å². The Labute approximate surface area is 100 Å². The molecule has 2 atom stereocenters. The number of hydrogen-bond donors (Lipinski definition) is 1. The molecule has 2 unspecified atom stereocenters. The van der Waals surface area contributed by atoms with Crippen molar-refractivity contribution in [2.24, 2.45) is 11.7 Å². The van der Waals surface area contributed by atoms with E-state index < -0.39 is 5.92 Å². The summed E-state index contributed by atoms with van der Waals surface area (Å²) < 4.78 is 26.1. The van der Waals surface area contributed by atoms with E-state index in [1.807, 2.05) is 19.1 Å². The highest BCUT2D eigenvalue weighted by Crippen LogP contribution is 2.42. The first-order valence-electron chi connectivity index (χ1n) is 6.03. The van der Waals surface area contributed by atoms with Gasteiger partial charge in [0.2, 0.25) is 5.92 Å². The predicted molar refractivity (Wildman–Crippen MR) is 62.8 cm³/mol. The molecule has 1 heterocycles. The molecule has 0 amide bonds. The van der Waals surface area contributed by atoms with Gasteiger partial charge in [0.1, 0.15) is 0 Å². The minimum atomic E-state index is -2.48. The smallest absolute Gasteiger partial charge is 0.248 e. The maximum absolute atomic E-state index is 13.1. The Hall–Kier alpha value is -1.03. The molecule has 0 aliphatic heterocycles. The second kappa shape index (κ2) is 4.69. The number of rotatable bonds is 3. The third-order valence-electron chi connectivity index (χ3n) is 3.54. The normalized spacial score (nSPS) is 24.8. The number of hydrogen-bond acceptors (Lipinski definition) is 2. The van der Waals surface area contributed by atoms with Crippen LogP contribution in [0.25, 0.3) is 0 Å². The summed E-state index contributed by atoms with van der Waals surface area (Å²) in [6.45, 7) is 1.90. The highest BCUT2D eigenvalue weighted by atomic mass is 19.3. The van der Waals surface area contributed by atoms with E-state index in [-0.39, 0.29) is 24.8 Å². The average Bonchev–Trinajstić information content (AvgIpc) is 2.58. The summed E-state index contributed by atoms with van der Waals surface area (Å²) in [5, 5.41) is 0. The highest BCUT2D eigenvalue weighted by molar-refractivity contribution is 5.22. The van der Waals surface area contributed by atoms with E-state index in [1.165, 1.54) is 0 Å². The first-order chi connectivity index (χ1) is 7.98. The number of pyridine rings is 1. The van der Waals surface area contributed by atoms with Crippen molar-refractivity contribution in [1.82, 2.24) is 4.98 Å². The van der Waals surface area contributed by atoms with E-state index in [4.69, 9.17) is 5.73 Å². The van der Waals surface area contributed by atoms with E-state index in [1.54, 1.807) is 6.20 Å². The lowest BCUT2D eigenvalue weighted by molar-refractivity contribution is 0.00446. The third kappa shape index (κ3) is 3.00. The summed E-state index contributed by atoms with van der Waals surface area (Å²) in [6, 6.07) is 3.59. The summed E-state index contributed by atoms with van der Waals surface area (Å²) in [6.07, 6.45) is 2.92. The van der Waals surface area contributed by atoms with Crippen LogP contribution in [0.3, 0.4) is 0 Å². The molecule has 4 heteroatoms. The van der Waals surface area contributed by atoms with Crippen molar-refractivity contribution in [3.63, 3.8) is 0 Å². The van der Waals surface area contributed by atoms with E-state index in [9.17, 15) is 8.78 Å². The predicted octanol–water partition coefficient (Wildman–Crippen LogP) is 3.22. The Kier molecular flexibility index (Phi) is 3.43. The molecule has 0 aromatic carbocycles. The van der Waals surface area contributed by atoms with Gasteiger partial charge >= 0.3 is 0 Å². The number of aromatic nitrogens is 1. The quantitative estimate of drug-likeness (QED) is 0.881. The Morgan fingerprint density at radius 2 is 2.35 bits per heavy atom.